The number of alkyl halides is 3. The monoisotopic (exact) mass is 446 g/mol. The number of fused-ring (bicyclic) bond motifs is 2. The van der Waals surface area contributed by atoms with Crippen LogP contribution in [0.3, 0.4) is 0 Å². The summed E-state index contributed by atoms with van der Waals surface area (Å²) in [4.78, 5) is 24.4. The van der Waals surface area contributed by atoms with Crippen molar-refractivity contribution in [1.82, 2.24) is 0 Å². The summed E-state index contributed by atoms with van der Waals surface area (Å²) in [5, 5.41) is 0. The molecular formula is C24H21F3O5. The minimum absolute atomic E-state index is 0.0925. The van der Waals surface area contributed by atoms with Crippen molar-refractivity contribution in [2.24, 2.45) is 0 Å². The second-order valence-corrected chi connectivity index (χ2v) is 8.65. The summed E-state index contributed by atoms with van der Waals surface area (Å²) >= 11 is 0. The lowest BCUT2D eigenvalue weighted by atomic mass is 9.64. The predicted octanol–water partition coefficient (Wildman–Crippen LogP) is 5.28. The van der Waals surface area contributed by atoms with E-state index < -0.39 is 35.0 Å². The van der Waals surface area contributed by atoms with Gasteiger partial charge in [0.15, 0.2) is 0 Å². The Hall–Kier alpha value is -2.84. The molecule has 5 nitrogen and oxygen atoms in total. The van der Waals surface area contributed by atoms with Gasteiger partial charge in [-0.3, -0.25) is 0 Å². The topological polar surface area (TPSA) is 54.0 Å². The minimum Gasteiger partial charge on any atom is -0.497 e. The Labute approximate surface area is 182 Å². The van der Waals surface area contributed by atoms with Crippen molar-refractivity contribution >= 4 is 5.97 Å². The average Bonchev–Trinajstić information content (AvgIpc) is 2.78. The Kier molecular flexibility index (Phi) is 4.65. The highest BCUT2D eigenvalue weighted by atomic mass is 19.4. The van der Waals surface area contributed by atoms with E-state index in [9.17, 15) is 18.0 Å². The Balaban J connectivity index is 1.47. The van der Waals surface area contributed by atoms with Crippen LogP contribution in [-0.4, -0.2) is 24.3 Å². The Morgan fingerprint density at radius 1 is 0.969 bits per heavy atom. The van der Waals surface area contributed by atoms with Gasteiger partial charge in [0.1, 0.15) is 23.1 Å². The third-order valence-electron chi connectivity index (χ3n) is 6.64. The van der Waals surface area contributed by atoms with E-state index in [-0.39, 0.29) is 12.3 Å². The van der Waals surface area contributed by atoms with Gasteiger partial charge < -0.3 is 9.47 Å². The first kappa shape index (κ1) is 21.0. The fourth-order valence-electron chi connectivity index (χ4n) is 4.86. The van der Waals surface area contributed by atoms with Crippen molar-refractivity contribution in [2.45, 2.75) is 49.2 Å². The number of carbonyl (C=O) groups is 1. The summed E-state index contributed by atoms with van der Waals surface area (Å²) < 4.78 is 49.6. The van der Waals surface area contributed by atoms with Gasteiger partial charge in [-0.1, -0.05) is 24.3 Å². The summed E-state index contributed by atoms with van der Waals surface area (Å²) in [6.45, 7) is 1.85. The maximum atomic E-state index is 12.9. The zero-order valence-corrected chi connectivity index (χ0v) is 17.4. The van der Waals surface area contributed by atoms with Crippen molar-refractivity contribution in [3.63, 3.8) is 0 Å². The van der Waals surface area contributed by atoms with Gasteiger partial charge in [-0.15, -0.1) is 0 Å². The lowest BCUT2D eigenvalue weighted by Crippen LogP contribution is -2.59. The molecule has 168 valence electrons. The first-order valence-corrected chi connectivity index (χ1v) is 10.3. The van der Waals surface area contributed by atoms with Crippen molar-refractivity contribution in [3.05, 3.63) is 76.9 Å². The average molecular weight is 446 g/mol. The second-order valence-electron chi connectivity index (χ2n) is 8.65. The molecule has 6 rings (SSSR count). The molecule has 32 heavy (non-hydrogen) atoms. The van der Waals surface area contributed by atoms with Gasteiger partial charge in [0, 0.05) is 12.3 Å². The Bertz CT molecular complexity index is 1080. The van der Waals surface area contributed by atoms with E-state index in [0.717, 1.165) is 23.4 Å². The van der Waals surface area contributed by atoms with Gasteiger partial charge in [0.25, 0.3) is 0 Å². The number of cyclic esters (lactones) is 1. The Morgan fingerprint density at radius 3 is 2.25 bits per heavy atom. The van der Waals surface area contributed by atoms with Crippen LogP contribution in [0, 0.1) is 0 Å². The molecule has 2 bridgehead atoms. The molecule has 0 saturated carbocycles. The van der Waals surface area contributed by atoms with Crippen LogP contribution in [0.2, 0.25) is 0 Å². The van der Waals surface area contributed by atoms with Crippen LogP contribution in [0.5, 0.6) is 5.75 Å². The van der Waals surface area contributed by atoms with E-state index in [1.165, 1.54) is 12.1 Å². The molecule has 1 aliphatic carbocycles. The summed E-state index contributed by atoms with van der Waals surface area (Å²) in [6, 6.07) is 12.3. The van der Waals surface area contributed by atoms with Gasteiger partial charge in [-0.2, -0.15) is 13.2 Å². The van der Waals surface area contributed by atoms with Crippen LogP contribution in [0.1, 0.15) is 48.5 Å². The SMILES string of the molecule is COc1ccc(C2C[C@]34CC(c5ccc(C(F)(F)F)cc5)OC(=O)C3=C[C@@]2(C)OO4)cc1. The van der Waals surface area contributed by atoms with Gasteiger partial charge in [-0.05, 0) is 54.8 Å². The molecule has 2 aromatic rings. The minimum atomic E-state index is -4.43. The smallest absolute Gasteiger partial charge is 0.416 e. The third-order valence-corrected chi connectivity index (χ3v) is 6.64. The molecule has 0 radical (unpaired) electrons. The first-order chi connectivity index (χ1) is 15.1. The molecule has 2 unspecified atom stereocenters. The fourth-order valence-corrected chi connectivity index (χ4v) is 4.86. The molecule has 2 aromatic carbocycles. The van der Waals surface area contributed by atoms with Gasteiger partial charge >= 0.3 is 12.1 Å². The number of benzene rings is 2. The zero-order chi connectivity index (χ0) is 22.7. The number of carbonyl (C=O) groups excluding carboxylic acids is 1. The van der Waals surface area contributed by atoms with Crippen molar-refractivity contribution in [2.75, 3.05) is 7.11 Å². The highest BCUT2D eigenvalue weighted by Crippen LogP contribution is 2.57. The van der Waals surface area contributed by atoms with Crippen LogP contribution in [0.25, 0.3) is 0 Å². The number of rotatable bonds is 3. The molecule has 1 spiro atoms. The molecule has 0 N–H and O–H groups in total. The summed E-state index contributed by atoms with van der Waals surface area (Å²) in [5.74, 6) is 0.101. The predicted molar refractivity (Wildman–Crippen MR) is 107 cm³/mol. The second kappa shape index (κ2) is 7.08. The third kappa shape index (κ3) is 3.29. The maximum absolute atomic E-state index is 12.9. The number of ether oxygens (including phenoxy) is 2. The number of esters is 1. The van der Waals surface area contributed by atoms with Crippen LogP contribution in [0.15, 0.2) is 60.2 Å². The van der Waals surface area contributed by atoms with E-state index in [2.05, 4.69) is 0 Å². The van der Waals surface area contributed by atoms with Crippen LogP contribution < -0.4 is 4.74 Å². The van der Waals surface area contributed by atoms with Gasteiger partial charge in [-0.25, -0.2) is 14.6 Å². The fraction of sp³-hybridized carbons (Fsp3) is 0.375. The number of hydrogen-bond donors (Lipinski definition) is 0. The normalized spacial score (nSPS) is 31.5. The molecule has 3 aliphatic heterocycles. The highest BCUT2D eigenvalue weighted by molar-refractivity contribution is 5.93. The first-order valence-electron chi connectivity index (χ1n) is 10.3. The summed E-state index contributed by atoms with van der Waals surface area (Å²) in [6.07, 6.45) is -2.69. The van der Waals surface area contributed by atoms with Crippen LogP contribution >= 0.6 is 0 Å². The lowest BCUT2D eigenvalue weighted by Gasteiger charge is -2.55. The summed E-state index contributed by atoms with van der Waals surface area (Å²) in [7, 11) is 1.60. The molecular weight excluding hydrogens is 425 g/mol. The summed E-state index contributed by atoms with van der Waals surface area (Å²) in [5.41, 5.74) is -0.761. The van der Waals surface area contributed by atoms with Crippen LogP contribution in [0.4, 0.5) is 13.2 Å². The van der Waals surface area contributed by atoms with E-state index in [1.54, 1.807) is 13.2 Å². The molecule has 4 atom stereocenters. The molecule has 2 fully saturated rings. The maximum Gasteiger partial charge on any atom is 0.416 e. The van der Waals surface area contributed by atoms with E-state index in [1.807, 2.05) is 31.2 Å². The largest absolute Gasteiger partial charge is 0.497 e. The van der Waals surface area contributed by atoms with E-state index in [0.29, 0.717) is 17.6 Å². The van der Waals surface area contributed by atoms with Crippen LogP contribution in [-0.2, 0) is 25.5 Å². The van der Waals surface area contributed by atoms with Crippen molar-refractivity contribution in [1.29, 1.82) is 0 Å². The van der Waals surface area contributed by atoms with Crippen molar-refractivity contribution in [3.8, 4) is 5.75 Å². The molecule has 3 heterocycles. The lowest BCUT2D eigenvalue weighted by molar-refractivity contribution is -0.437. The molecule has 0 amide bonds. The quantitative estimate of drug-likeness (QED) is 0.475. The number of methoxy groups -OCH3 is 1. The van der Waals surface area contributed by atoms with Crippen molar-refractivity contribution < 1.29 is 37.2 Å². The Morgan fingerprint density at radius 2 is 1.62 bits per heavy atom. The number of hydrogen-bond acceptors (Lipinski definition) is 5. The van der Waals surface area contributed by atoms with E-state index >= 15 is 0 Å². The standard InChI is InChI=1S/C24H21F3O5/c1-22-11-19-21(28)30-20(15-3-7-16(8-4-15)24(25,26)27)13-23(19,32-31-22)12-18(22)14-5-9-17(29-2)10-6-14/h3-11,18,20H,12-13H2,1-2H3/t18?,20?,22-,23+/m1/s1. The zero-order valence-electron chi connectivity index (χ0n) is 17.4. The van der Waals surface area contributed by atoms with E-state index in [4.69, 9.17) is 19.2 Å². The molecule has 8 heteroatoms. The van der Waals surface area contributed by atoms with Gasteiger partial charge in [0.2, 0.25) is 0 Å². The van der Waals surface area contributed by atoms with Gasteiger partial charge in [0.05, 0.1) is 18.2 Å². The highest BCUT2D eigenvalue weighted by Gasteiger charge is 2.61. The molecule has 0 aromatic heterocycles. The molecule has 2 saturated heterocycles. The number of halogens is 3. The molecule has 4 aliphatic rings.